The van der Waals surface area contributed by atoms with E-state index >= 15 is 0 Å². The Labute approximate surface area is 124 Å². The molecular weight excluding hydrogens is 266 g/mol. The van der Waals surface area contributed by atoms with Crippen LogP contribution in [0.15, 0.2) is 42.7 Å². The topological polar surface area (TPSA) is 47.4 Å². The fourth-order valence-electron chi connectivity index (χ4n) is 2.65. The largest absolute Gasteiger partial charge is 0.376 e. The molecule has 0 spiro atoms. The molecule has 3 rings (SSSR count). The first kappa shape index (κ1) is 13.8. The highest BCUT2D eigenvalue weighted by atomic mass is 16.5. The number of para-hydroxylation sites is 1. The number of hydrogen-bond acceptors (Lipinski definition) is 3. The molecule has 110 valence electrons. The van der Waals surface area contributed by atoms with E-state index < -0.39 is 0 Å². The highest BCUT2D eigenvalue weighted by molar-refractivity contribution is 5.97. The van der Waals surface area contributed by atoms with Gasteiger partial charge in [0.15, 0.2) is 0 Å². The van der Waals surface area contributed by atoms with E-state index in [1.54, 1.807) is 15.8 Å². The normalized spacial score (nSPS) is 17.9. The maximum absolute atomic E-state index is 12.7. The molecule has 2 heterocycles. The van der Waals surface area contributed by atoms with E-state index in [4.69, 9.17) is 4.74 Å². The Morgan fingerprint density at radius 3 is 3.00 bits per heavy atom. The van der Waals surface area contributed by atoms with Crippen LogP contribution in [0, 0.1) is 0 Å². The predicted octanol–water partition coefficient (Wildman–Crippen LogP) is 2.12. The van der Waals surface area contributed by atoms with Gasteiger partial charge >= 0.3 is 0 Å². The van der Waals surface area contributed by atoms with Crippen molar-refractivity contribution in [2.45, 2.75) is 18.9 Å². The van der Waals surface area contributed by atoms with Gasteiger partial charge in [-0.3, -0.25) is 4.79 Å². The Morgan fingerprint density at radius 1 is 1.43 bits per heavy atom. The fraction of sp³-hybridized carbons (Fsp3) is 0.375. The van der Waals surface area contributed by atoms with Crippen LogP contribution in [0.25, 0.3) is 5.69 Å². The van der Waals surface area contributed by atoms with Crippen molar-refractivity contribution in [3.63, 3.8) is 0 Å². The minimum Gasteiger partial charge on any atom is -0.376 e. The summed E-state index contributed by atoms with van der Waals surface area (Å²) in [6, 6.07) is 9.37. The van der Waals surface area contributed by atoms with E-state index in [1.165, 1.54) is 0 Å². The molecular formula is C16H19N3O2. The number of amides is 1. The van der Waals surface area contributed by atoms with Crippen LogP contribution in [-0.4, -0.2) is 46.9 Å². The van der Waals surface area contributed by atoms with Crippen LogP contribution in [-0.2, 0) is 4.74 Å². The van der Waals surface area contributed by atoms with Gasteiger partial charge in [0.05, 0.1) is 17.4 Å². The maximum Gasteiger partial charge on any atom is 0.255 e. The van der Waals surface area contributed by atoms with Crippen molar-refractivity contribution in [2.75, 3.05) is 20.2 Å². The third-order valence-electron chi connectivity index (χ3n) is 3.73. The van der Waals surface area contributed by atoms with Gasteiger partial charge in [0, 0.05) is 32.6 Å². The molecule has 5 heteroatoms. The van der Waals surface area contributed by atoms with E-state index in [0.717, 1.165) is 25.1 Å². The van der Waals surface area contributed by atoms with E-state index in [2.05, 4.69) is 5.10 Å². The molecule has 1 aliphatic rings. The first-order valence-corrected chi connectivity index (χ1v) is 7.22. The van der Waals surface area contributed by atoms with Crippen LogP contribution < -0.4 is 0 Å². The van der Waals surface area contributed by atoms with E-state index in [9.17, 15) is 4.79 Å². The molecule has 1 amide bonds. The lowest BCUT2D eigenvalue weighted by molar-refractivity contribution is 0.0587. The van der Waals surface area contributed by atoms with E-state index in [0.29, 0.717) is 12.1 Å². The van der Waals surface area contributed by atoms with Crippen LogP contribution in [0.2, 0.25) is 0 Å². The summed E-state index contributed by atoms with van der Waals surface area (Å²) < 4.78 is 7.32. The Kier molecular flexibility index (Phi) is 4.01. The zero-order chi connectivity index (χ0) is 14.7. The number of aromatic nitrogens is 2. The first-order valence-electron chi connectivity index (χ1n) is 7.22. The Bertz CT molecular complexity index is 604. The molecule has 1 saturated heterocycles. The van der Waals surface area contributed by atoms with Crippen molar-refractivity contribution in [3.8, 4) is 5.69 Å². The van der Waals surface area contributed by atoms with Gasteiger partial charge in [-0.25, -0.2) is 4.68 Å². The van der Waals surface area contributed by atoms with Gasteiger partial charge in [-0.15, -0.1) is 0 Å². The van der Waals surface area contributed by atoms with Gasteiger partial charge in [0.1, 0.15) is 0 Å². The van der Waals surface area contributed by atoms with Crippen molar-refractivity contribution >= 4 is 5.91 Å². The van der Waals surface area contributed by atoms with Crippen molar-refractivity contribution in [2.24, 2.45) is 0 Å². The van der Waals surface area contributed by atoms with Crippen molar-refractivity contribution in [3.05, 3.63) is 48.3 Å². The second-order valence-corrected chi connectivity index (χ2v) is 5.29. The van der Waals surface area contributed by atoms with Crippen molar-refractivity contribution < 1.29 is 9.53 Å². The molecule has 2 aromatic rings. The summed E-state index contributed by atoms with van der Waals surface area (Å²) in [5, 5.41) is 4.21. The Morgan fingerprint density at radius 2 is 2.29 bits per heavy atom. The van der Waals surface area contributed by atoms with Gasteiger partial charge in [-0.2, -0.15) is 5.10 Å². The minimum atomic E-state index is -0.00315. The molecule has 1 aliphatic heterocycles. The van der Waals surface area contributed by atoms with Crippen LogP contribution in [0.3, 0.4) is 0 Å². The van der Waals surface area contributed by atoms with Crippen LogP contribution in [0.5, 0.6) is 0 Å². The highest BCUT2D eigenvalue weighted by Gasteiger charge is 2.22. The standard InChI is InChI=1S/C16H19N3O2/c1-18(12-13-6-4-11-21-13)16(20)14-7-2-3-8-15(14)19-10-5-9-17-19/h2-3,5,7-10,13H,4,6,11-12H2,1H3. The number of carbonyl (C=O) groups is 1. The van der Waals surface area contributed by atoms with E-state index in [-0.39, 0.29) is 12.0 Å². The van der Waals surface area contributed by atoms with Crippen molar-refractivity contribution in [1.29, 1.82) is 0 Å². The van der Waals surface area contributed by atoms with E-state index in [1.807, 2.05) is 43.6 Å². The van der Waals surface area contributed by atoms with Gasteiger partial charge in [0.2, 0.25) is 0 Å². The van der Waals surface area contributed by atoms with Crippen LogP contribution in [0.4, 0.5) is 0 Å². The number of rotatable bonds is 4. The average Bonchev–Trinajstić information content (AvgIpc) is 3.19. The zero-order valence-corrected chi connectivity index (χ0v) is 12.1. The third-order valence-corrected chi connectivity index (χ3v) is 3.73. The summed E-state index contributed by atoms with van der Waals surface area (Å²) in [6.45, 7) is 1.43. The number of hydrogen-bond donors (Lipinski definition) is 0. The molecule has 1 fully saturated rings. The predicted molar refractivity (Wildman–Crippen MR) is 79.5 cm³/mol. The summed E-state index contributed by atoms with van der Waals surface area (Å²) in [4.78, 5) is 14.4. The SMILES string of the molecule is CN(CC1CCCO1)C(=O)c1ccccc1-n1cccn1. The third kappa shape index (κ3) is 2.97. The van der Waals surface area contributed by atoms with Gasteiger partial charge in [-0.1, -0.05) is 12.1 Å². The Hall–Kier alpha value is -2.14. The van der Waals surface area contributed by atoms with Crippen molar-refractivity contribution in [1.82, 2.24) is 14.7 Å². The zero-order valence-electron chi connectivity index (χ0n) is 12.1. The quantitative estimate of drug-likeness (QED) is 0.864. The van der Waals surface area contributed by atoms with Gasteiger partial charge < -0.3 is 9.64 Å². The number of nitrogens with zero attached hydrogens (tertiary/aromatic N) is 3. The molecule has 21 heavy (non-hydrogen) atoms. The number of carbonyl (C=O) groups excluding carboxylic acids is 1. The summed E-state index contributed by atoms with van der Waals surface area (Å²) in [7, 11) is 1.82. The lowest BCUT2D eigenvalue weighted by atomic mass is 10.1. The molecule has 1 unspecified atom stereocenters. The molecule has 1 aromatic heterocycles. The molecule has 0 N–H and O–H groups in total. The lowest BCUT2D eigenvalue weighted by Gasteiger charge is -2.22. The number of ether oxygens (including phenoxy) is 1. The number of likely N-dealkylation sites (N-methyl/N-ethyl adjacent to an activating group) is 1. The molecule has 0 aliphatic carbocycles. The molecule has 0 bridgehead atoms. The number of benzene rings is 1. The van der Waals surface area contributed by atoms with Crippen LogP contribution in [0.1, 0.15) is 23.2 Å². The summed E-state index contributed by atoms with van der Waals surface area (Å²) >= 11 is 0. The summed E-state index contributed by atoms with van der Waals surface area (Å²) in [5.41, 5.74) is 1.45. The monoisotopic (exact) mass is 285 g/mol. The molecule has 1 aromatic carbocycles. The maximum atomic E-state index is 12.7. The van der Waals surface area contributed by atoms with Crippen LogP contribution >= 0.6 is 0 Å². The Balaban J connectivity index is 1.81. The second-order valence-electron chi connectivity index (χ2n) is 5.29. The summed E-state index contributed by atoms with van der Waals surface area (Å²) in [5.74, 6) is -0.00315. The molecule has 0 radical (unpaired) electrons. The highest BCUT2D eigenvalue weighted by Crippen LogP contribution is 2.18. The summed E-state index contributed by atoms with van der Waals surface area (Å²) in [6.07, 6.45) is 5.81. The van der Waals surface area contributed by atoms with Gasteiger partial charge in [0.25, 0.3) is 5.91 Å². The lowest BCUT2D eigenvalue weighted by Crippen LogP contribution is -2.34. The molecule has 0 saturated carbocycles. The smallest absolute Gasteiger partial charge is 0.255 e. The average molecular weight is 285 g/mol. The first-order chi connectivity index (χ1) is 10.3. The second kappa shape index (κ2) is 6.10. The molecule has 5 nitrogen and oxygen atoms in total. The minimum absolute atomic E-state index is 0.00315. The molecule has 1 atom stereocenters. The fourth-order valence-corrected chi connectivity index (χ4v) is 2.65. The van der Waals surface area contributed by atoms with Gasteiger partial charge in [-0.05, 0) is 31.0 Å².